The van der Waals surface area contributed by atoms with E-state index in [4.69, 9.17) is 18.7 Å². The summed E-state index contributed by atoms with van der Waals surface area (Å²) >= 11 is 0. The molecule has 1 atom stereocenters. The maximum absolute atomic E-state index is 6.33. The van der Waals surface area contributed by atoms with Crippen LogP contribution in [0.4, 0.5) is 0 Å². The first-order valence-corrected chi connectivity index (χ1v) is 11.0. The van der Waals surface area contributed by atoms with Gasteiger partial charge in [0.1, 0.15) is 11.5 Å². The van der Waals surface area contributed by atoms with Gasteiger partial charge in [0.15, 0.2) is 5.84 Å². The van der Waals surface area contributed by atoms with E-state index >= 15 is 0 Å². The largest absolute Gasteiger partial charge is 0.497 e. The zero-order chi connectivity index (χ0) is 21.7. The number of hydrogen-bond donors (Lipinski definition) is 0. The molecule has 4 aliphatic heterocycles. The average molecular weight is 434 g/mol. The van der Waals surface area contributed by atoms with E-state index in [1.54, 1.807) is 20.5 Å². The van der Waals surface area contributed by atoms with Crippen molar-refractivity contribution in [3.63, 3.8) is 0 Å². The number of pyridine rings is 1. The summed E-state index contributed by atoms with van der Waals surface area (Å²) in [5, 5.41) is 5.59. The van der Waals surface area contributed by atoms with Crippen molar-refractivity contribution < 1.29 is 18.7 Å². The summed E-state index contributed by atoms with van der Waals surface area (Å²) in [6, 6.07) is 9.93. The monoisotopic (exact) mass is 434 g/mol. The molecule has 0 saturated carbocycles. The SMILES string of the molecule is COc1ccc(CN2C(c3cnc4occc4c3)=NOC23CN2CCC3CC2)c(OC)c1. The van der Waals surface area contributed by atoms with Gasteiger partial charge in [0, 0.05) is 34.7 Å². The lowest BCUT2D eigenvalue weighted by molar-refractivity contribution is -0.198. The summed E-state index contributed by atoms with van der Waals surface area (Å²) < 4.78 is 16.5. The van der Waals surface area contributed by atoms with E-state index < -0.39 is 5.72 Å². The van der Waals surface area contributed by atoms with Crippen LogP contribution in [-0.2, 0) is 11.4 Å². The molecule has 0 amide bonds. The lowest BCUT2D eigenvalue weighted by atomic mass is 9.79. The normalized spacial score (nSPS) is 26.4. The Morgan fingerprint density at radius 2 is 2.00 bits per heavy atom. The highest BCUT2D eigenvalue weighted by Gasteiger charge is 2.57. The summed E-state index contributed by atoms with van der Waals surface area (Å²) in [5.41, 5.74) is 2.11. The highest BCUT2D eigenvalue weighted by molar-refractivity contribution is 6.01. The number of hydrogen-bond acceptors (Lipinski definition) is 8. The summed E-state index contributed by atoms with van der Waals surface area (Å²) in [7, 11) is 3.35. The third-order valence-corrected chi connectivity index (χ3v) is 7.07. The molecule has 4 aliphatic rings. The molecule has 3 aromatic rings. The van der Waals surface area contributed by atoms with Crippen molar-refractivity contribution >= 4 is 16.9 Å². The second-order valence-corrected chi connectivity index (χ2v) is 8.70. The Morgan fingerprint density at radius 3 is 2.75 bits per heavy atom. The van der Waals surface area contributed by atoms with Crippen LogP contribution in [0.1, 0.15) is 24.0 Å². The number of rotatable bonds is 5. The van der Waals surface area contributed by atoms with Gasteiger partial charge in [-0.1, -0.05) is 5.16 Å². The Labute approximate surface area is 186 Å². The molecule has 8 heteroatoms. The van der Waals surface area contributed by atoms with E-state index in [0.29, 0.717) is 18.2 Å². The molecular weight excluding hydrogens is 408 g/mol. The quantitative estimate of drug-likeness (QED) is 0.609. The molecule has 0 radical (unpaired) electrons. The van der Waals surface area contributed by atoms with Crippen molar-refractivity contribution in [2.75, 3.05) is 33.9 Å². The first kappa shape index (κ1) is 19.4. The molecule has 3 saturated heterocycles. The van der Waals surface area contributed by atoms with E-state index in [1.807, 2.05) is 24.4 Å². The molecule has 32 heavy (non-hydrogen) atoms. The van der Waals surface area contributed by atoms with E-state index in [0.717, 1.165) is 66.3 Å². The number of furan rings is 1. The molecule has 6 heterocycles. The Hall–Kier alpha value is -3.26. The summed E-state index contributed by atoms with van der Waals surface area (Å²) in [4.78, 5) is 15.6. The summed E-state index contributed by atoms with van der Waals surface area (Å²) in [6.45, 7) is 3.69. The number of methoxy groups -OCH3 is 2. The van der Waals surface area contributed by atoms with Crippen LogP contribution >= 0.6 is 0 Å². The highest BCUT2D eigenvalue weighted by atomic mass is 16.7. The highest BCUT2D eigenvalue weighted by Crippen LogP contribution is 2.45. The Balaban J connectivity index is 1.42. The van der Waals surface area contributed by atoms with E-state index in [9.17, 15) is 0 Å². The van der Waals surface area contributed by atoms with Crippen molar-refractivity contribution in [2.24, 2.45) is 11.1 Å². The topological polar surface area (TPSA) is 72.6 Å². The predicted octanol–water partition coefficient (Wildman–Crippen LogP) is 3.46. The first-order valence-electron chi connectivity index (χ1n) is 11.0. The minimum atomic E-state index is -0.484. The molecule has 2 bridgehead atoms. The second-order valence-electron chi connectivity index (χ2n) is 8.70. The zero-order valence-electron chi connectivity index (χ0n) is 18.3. The van der Waals surface area contributed by atoms with Crippen molar-refractivity contribution in [3.05, 3.63) is 53.9 Å². The molecule has 1 spiro atoms. The number of ether oxygens (including phenoxy) is 2. The van der Waals surface area contributed by atoms with Gasteiger partial charge in [0.05, 0.1) is 33.6 Å². The Kier molecular flexibility index (Phi) is 4.50. The van der Waals surface area contributed by atoms with E-state index in [2.05, 4.69) is 32.1 Å². The molecule has 0 N–H and O–H groups in total. The van der Waals surface area contributed by atoms with Gasteiger partial charge in [-0.25, -0.2) is 4.98 Å². The average Bonchev–Trinajstić information content (AvgIpc) is 3.45. The maximum atomic E-state index is 6.33. The maximum Gasteiger partial charge on any atom is 0.227 e. The van der Waals surface area contributed by atoms with Gasteiger partial charge in [-0.05, 0) is 50.2 Å². The fraction of sp³-hybridized carbons (Fsp3) is 0.417. The number of aromatic nitrogens is 1. The van der Waals surface area contributed by atoms with Crippen LogP contribution in [0.5, 0.6) is 11.5 Å². The number of amidine groups is 1. The molecule has 1 aromatic carbocycles. The lowest BCUT2D eigenvalue weighted by Crippen LogP contribution is -2.66. The minimum absolute atomic E-state index is 0.420. The Morgan fingerprint density at radius 1 is 1.12 bits per heavy atom. The standard InChI is InChI=1S/C24H26N4O4/c1-29-20-4-3-17(21(12-20)30-2)14-28-22(18-11-16-7-10-31-23(16)25-13-18)26-32-24(28)15-27-8-5-19(24)6-9-27/h3-4,7,10-13,19H,5-6,8-9,14-15H2,1-2H3. The van der Waals surface area contributed by atoms with Gasteiger partial charge in [0.25, 0.3) is 0 Å². The van der Waals surface area contributed by atoms with Crippen LogP contribution in [0.15, 0.2) is 52.4 Å². The van der Waals surface area contributed by atoms with Gasteiger partial charge in [-0.3, -0.25) is 4.90 Å². The molecular formula is C24H26N4O4. The van der Waals surface area contributed by atoms with Gasteiger partial charge >= 0.3 is 0 Å². The molecule has 2 aromatic heterocycles. The van der Waals surface area contributed by atoms with Gasteiger partial charge in [0.2, 0.25) is 11.4 Å². The fourth-order valence-corrected chi connectivity index (χ4v) is 5.35. The lowest BCUT2D eigenvalue weighted by Gasteiger charge is -2.53. The van der Waals surface area contributed by atoms with Crippen molar-refractivity contribution in [1.82, 2.24) is 14.8 Å². The third-order valence-electron chi connectivity index (χ3n) is 7.07. The molecule has 166 valence electrons. The van der Waals surface area contributed by atoms with Crippen LogP contribution < -0.4 is 9.47 Å². The Bertz CT molecular complexity index is 1180. The molecule has 0 aliphatic carbocycles. The van der Waals surface area contributed by atoms with Gasteiger partial charge in [-0.15, -0.1) is 0 Å². The third kappa shape index (κ3) is 2.93. The van der Waals surface area contributed by atoms with Gasteiger partial charge < -0.3 is 23.6 Å². The summed E-state index contributed by atoms with van der Waals surface area (Å²) in [6.07, 6.45) is 5.69. The second kappa shape index (κ2) is 7.41. The van der Waals surface area contributed by atoms with E-state index in [-0.39, 0.29) is 0 Å². The molecule has 3 fully saturated rings. The number of piperidine rings is 3. The van der Waals surface area contributed by atoms with Crippen LogP contribution in [0, 0.1) is 5.92 Å². The van der Waals surface area contributed by atoms with Gasteiger partial charge in [-0.2, -0.15) is 0 Å². The number of fused-ring (bicyclic) bond motifs is 3. The molecule has 7 rings (SSSR count). The van der Waals surface area contributed by atoms with Crippen molar-refractivity contribution in [2.45, 2.75) is 25.1 Å². The summed E-state index contributed by atoms with van der Waals surface area (Å²) in [5.74, 6) is 2.77. The number of nitrogens with zero attached hydrogens (tertiary/aromatic N) is 4. The zero-order valence-corrected chi connectivity index (χ0v) is 18.3. The fourth-order valence-electron chi connectivity index (χ4n) is 5.35. The van der Waals surface area contributed by atoms with Crippen LogP contribution in [0.25, 0.3) is 11.1 Å². The smallest absolute Gasteiger partial charge is 0.227 e. The van der Waals surface area contributed by atoms with Crippen LogP contribution in [0.2, 0.25) is 0 Å². The number of benzene rings is 1. The molecule has 8 nitrogen and oxygen atoms in total. The minimum Gasteiger partial charge on any atom is -0.497 e. The van der Waals surface area contributed by atoms with Crippen molar-refractivity contribution in [3.8, 4) is 11.5 Å². The van der Waals surface area contributed by atoms with Crippen molar-refractivity contribution in [1.29, 1.82) is 0 Å². The predicted molar refractivity (Wildman–Crippen MR) is 119 cm³/mol. The molecule has 1 unspecified atom stereocenters. The van der Waals surface area contributed by atoms with Crippen LogP contribution in [0.3, 0.4) is 0 Å². The van der Waals surface area contributed by atoms with Crippen LogP contribution in [-0.4, -0.2) is 60.2 Å². The van der Waals surface area contributed by atoms with E-state index in [1.165, 1.54) is 0 Å². The number of oxime groups is 1. The first-order chi connectivity index (χ1) is 15.7.